The molecule has 0 aromatic heterocycles. The van der Waals surface area contributed by atoms with Gasteiger partial charge < -0.3 is 0 Å². The minimum Gasteiger partial charge on any atom is -0.289 e. The van der Waals surface area contributed by atoms with Crippen molar-refractivity contribution in [3.8, 4) is 0 Å². The molecule has 1 saturated carbocycles. The van der Waals surface area contributed by atoms with Crippen molar-refractivity contribution in [2.24, 2.45) is 5.92 Å². The monoisotopic (exact) mass is 330 g/mol. The zero-order valence-corrected chi connectivity index (χ0v) is 14.9. The van der Waals surface area contributed by atoms with Crippen LogP contribution in [0.3, 0.4) is 0 Å². The number of carbonyl (C=O) groups excluding carboxylic acids is 1. The van der Waals surface area contributed by atoms with E-state index in [0.717, 1.165) is 41.5 Å². The van der Waals surface area contributed by atoms with E-state index in [9.17, 15) is 4.79 Å². The first-order chi connectivity index (χ1) is 12.3. The molecule has 2 aromatic rings. The minimum atomic E-state index is 0.228. The van der Waals surface area contributed by atoms with Gasteiger partial charge in [-0.05, 0) is 48.5 Å². The number of Topliss-reactive ketones (excluding diaryl/α,β-unsaturated/α-hetero) is 1. The van der Waals surface area contributed by atoms with Gasteiger partial charge in [0.15, 0.2) is 5.78 Å². The molecule has 1 aliphatic carbocycles. The van der Waals surface area contributed by atoms with Crippen molar-refractivity contribution in [3.63, 3.8) is 0 Å². The molecule has 1 atom stereocenters. The molecular formula is C24H26O. The molecule has 1 nitrogen and oxygen atoms in total. The Kier molecular flexibility index (Phi) is 6.00. The molecule has 1 aliphatic rings. The summed E-state index contributed by atoms with van der Waals surface area (Å²) in [5, 5.41) is 0. The lowest BCUT2D eigenvalue weighted by atomic mass is 9.92. The van der Waals surface area contributed by atoms with Gasteiger partial charge in [-0.25, -0.2) is 0 Å². The first kappa shape index (κ1) is 17.4. The molecule has 3 rings (SSSR count). The van der Waals surface area contributed by atoms with E-state index >= 15 is 0 Å². The zero-order chi connectivity index (χ0) is 17.5. The van der Waals surface area contributed by atoms with Crippen LogP contribution in [0, 0.1) is 5.92 Å². The first-order valence-electron chi connectivity index (χ1n) is 9.32. The second-order valence-electron chi connectivity index (χ2n) is 6.89. The van der Waals surface area contributed by atoms with Crippen molar-refractivity contribution in [3.05, 3.63) is 82.9 Å². The van der Waals surface area contributed by atoms with Gasteiger partial charge in [-0.3, -0.25) is 4.79 Å². The number of rotatable bonds is 4. The van der Waals surface area contributed by atoms with E-state index in [-0.39, 0.29) is 5.78 Å². The highest BCUT2D eigenvalue weighted by Gasteiger charge is 2.24. The van der Waals surface area contributed by atoms with E-state index in [1.807, 2.05) is 36.4 Å². The maximum Gasteiger partial charge on any atom is 0.185 e. The van der Waals surface area contributed by atoms with Crippen molar-refractivity contribution in [1.29, 1.82) is 0 Å². The number of hydrogen-bond donors (Lipinski definition) is 0. The highest BCUT2D eigenvalue weighted by atomic mass is 16.1. The van der Waals surface area contributed by atoms with E-state index in [0.29, 0.717) is 5.92 Å². The van der Waals surface area contributed by atoms with E-state index < -0.39 is 0 Å². The van der Waals surface area contributed by atoms with Gasteiger partial charge in [-0.15, -0.1) is 0 Å². The lowest BCUT2D eigenvalue weighted by Crippen LogP contribution is -2.05. The van der Waals surface area contributed by atoms with E-state index in [2.05, 4.69) is 43.3 Å². The summed E-state index contributed by atoms with van der Waals surface area (Å²) in [5.74, 6) is 0.830. The van der Waals surface area contributed by atoms with Crippen molar-refractivity contribution < 1.29 is 4.79 Å². The number of allylic oxidation sites excluding steroid dienone is 2. The van der Waals surface area contributed by atoms with Gasteiger partial charge in [0.2, 0.25) is 0 Å². The third kappa shape index (κ3) is 4.79. The molecule has 2 aromatic carbocycles. The first-order valence-corrected chi connectivity index (χ1v) is 9.32. The molecule has 1 heteroatoms. The quantitative estimate of drug-likeness (QED) is 0.473. The number of hydrogen-bond acceptors (Lipinski definition) is 1. The molecule has 1 unspecified atom stereocenters. The van der Waals surface area contributed by atoms with Gasteiger partial charge in [0, 0.05) is 11.1 Å². The average molecular weight is 330 g/mol. The fourth-order valence-electron chi connectivity index (χ4n) is 3.60. The summed E-state index contributed by atoms with van der Waals surface area (Å²) >= 11 is 0. The lowest BCUT2D eigenvalue weighted by Gasteiger charge is -2.12. The summed E-state index contributed by atoms with van der Waals surface area (Å²) < 4.78 is 0. The van der Waals surface area contributed by atoms with Crippen LogP contribution in [0.1, 0.15) is 50.2 Å². The van der Waals surface area contributed by atoms with Crippen LogP contribution in [-0.2, 0) is 4.79 Å². The molecular weight excluding hydrogens is 304 g/mol. The van der Waals surface area contributed by atoms with Crippen molar-refractivity contribution in [1.82, 2.24) is 0 Å². The Morgan fingerprint density at radius 2 is 1.44 bits per heavy atom. The predicted molar refractivity (Wildman–Crippen MR) is 106 cm³/mol. The standard InChI is InChI=1S/C24H26O/c1-2-9-19-14-15-22(16-20-10-5-3-6-11-20)24(25)23(17-19)18-21-12-7-4-8-13-21/h3-8,10-13,16,18-19H,2,9,14-15,17H2,1H3. The molecule has 0 N–H and O–H groups in total. The van der Waals surface area contributed by atoms with Crippen LogP contribution in [0.15, 0.2) is 71.8 Å². The summed E-state index contributed by atoms with van der Waals surface area (Å²) in [4.78, 5) is 13.2. The highest BCUT2D eigenvalue weighted by molar-refractivity contribution is 6.13. The van der Waals surface area contributed by atoms with Crippen LogP contribution in [0.4, 0.5) is 0 Å². The molecule has 0 bridgehead atoms. The van der Waals surface area contributed by atoms with Gasteiger partial charge in [0.1, 0.15) is 0 Å². The third-order valence-corrected chi connectivity index (χ3v) is 4.89. The fraction of sp³-hybridized carbons (Fsp3) is 0.292. The molecule has 1 fully saturated rings. The van der Waals surface area contributed by atoms with Crippen molar-refractivity contribution in [2.75, 3.05) is 0 Å². The maximum absolute atomic E-state index is 13.2. The van der Waals surface area contributed by atoms with E-state index in [1.165, 1.54) is 12.8 Å². The van der Waals surface area contributed by atoms with Gasteiger partial charge in [0.25, 0.3) is 0 Å². The summed E-state index contributed by atoms with van der Waals surface area (Å²) in [6.45, 7) is 2.23. The smallest absolute Gasteiger partial charge is 0.185 e. The Labute approximate surface area is 151 Å². The Morgan fingerprint density at radius 1 is 0.880 bits per heavy atom. The minimum absolute atomic E-state index is 0.228. The Morgan fingerprint density at radius 3 is 2.00 bits per heavy atom. The van der Waals surface area contributed by atoms with Crippen LogP contribution in [0.5, 0.6) is 0 Å². The van der Waals surface area contributed by atoms with E-state index in [1.54, 1.807) is 0 Å². The van der Waals surface area contributed by atoms with Gasteiger partial charge in [0.05, 0.1) is 0 Å². The Balaban J connectivity index is 1.95. The van der Waals surface area contributed by atoms with Crippen LogP contribution < -0.4 is 0 Å². The Bertz CT molecular complexity index is 753. The molecule has 0 heterocycles. The third-order valence-electron chi connectivity index (χ3n) is 4.89. The summed E-state index contributed by atoms with van der Waals surface area (Å²) in [7, 11) is 0. The van der Waals surface area contributed by atoms with Crippen LogP contribution in [0.25, 0.3) is 12.2 Å². The van der Waals surface area contributed by atoms with Gasteiger partial charge in [-0.1, -0.05) is 80.4 Å². The normalized spacial score (nSPS) is 21.5. The highest BCUT2D eigenvalue weighted by Crippen LogP contribution is 2.33. The summed E-state index contributed by atoms with van der Waals surface area (Å²) in [5.41, 5.74) is 4.14. The van der Waals surface area contributed by atoms with Crippen LogP contribution in [0.2, 0.25) is 0 Å². The topological polar surface area (TPSA) is 17.1 Å². The molecule has 0 aliphatic heterocycles. The average Bonchev–Trinajstić information content (AvgIpc) is 2.78. The number of carbonyl (C=O) groups is 1. The number of ketones is 1. The second-order valence-corrected chi connectivity index (χ2v) is 6.89. The predicted octanol–water partition coefficient (Wildman–Crippen LogP) is 6.32. The molecule has 0 radical (unpaired) electrons. The van der Waals surface area contributed by atoms with Crippen molar-refractivity contribution in [2.45, 2.75) is 39.0 Å². The zero-order valence-electron chi connectivity index (χ0n) is 14.9. The largest absolute Gasteiger partial charge is 0.289 e. The maximum atomic E-state index is 13.2. The fourth-order valence-corrected chi connectivity index (χ4v) is 3.60. The van der Waals surface area contributed by atoms with Crippen LogP contribution >= 0.6 is 0 Å². The van der Waals surface area contributed by atoms with Crippen molar-refractivity contribution >= 4 is 17.9 Å². The summed E-state index contributed by atoms with van der Waals surface area (Å²) in [6, 6.07) is 20.4. The van der Waals surface area contributed by atoms with E-state index in [4.69, 9.17) is 0 Å². The number of benzene rings is 2. The molecule has 0 amide bonds. The molecule has 128 valence electrons. The van der Waals surface area contributed by atoms with Gasteiger partial charge in [-0.2, -0.15) is 0 Å². The lowest BCUT2D eigenvalue weighted by molar-refractivity contribution is -0.112. The molecule has 0 spiro atoms. The Hall–Kier alpha value is -2.41. The van der Waals surface area contributed by atoms with Crippen LogP contribution in [-0.4, -0.2) is 5.78 Å². The SMILES string of the molecule is CCCC1CCC(=Cc2ccccc2)C(=O)C(=Cc2ccccc2)C1. The van der Waals surface area contributed by atoms with Gasteiger partial charge >= 0.3 is 0 Å². The second kappa shape index (κ2) is 8.62. The molecule has 25 heavy (non-hydrogen) atoms. The summed E-state index contributed by atoms with van der Waals surface area (Å²) in [6.07, 6.45) is 9.42. The molecule has 0 saturated heterocycles.